The number of hydrogen-bond acceptors (Lipinski definition) is 3. The van der Waals surface area contributed by atoms with Crippen LogP contribution in [0.5, 0.6) is 0 Å². The van der Waals surface area contributed by atoms with Crippen LogP contribution in [0, 0.1) is 22.7 Å². The molecule has 0 aromatic carbocycles. The highest BCUT2D eigenvalue weighted by Gasteiger charge is 2.47. The summed E-state index contributed by atoms with van der Waals surface area (Å²) >= 11 is 0. The molecule has 0 bridgehead atoms. The third kappa shape index (κ3) is 1.93. The van der Waals surface area contributed by atoms with Crippen LogP contribution in [0.1, 0.15) is 39.0 Å². The molecule has 0 aromatic rings. The third-order valence-corrected chi connectivity index (χ3v) is 4.41. The van der Waals surface area contributed by atoms with Gasteiger partial charge in [0.2, 0.25) is 5.91 Å². The molecule has 1 aliphatic heterocycles. The molecule has 2 atom stereocenters. The maximum Gasteiger partial charge on any atom is 0.243 e. The number of hydrogen-bond donors (Lipinski definition) is 1. The summed E-state index contributed by atoms with van der Waals surface area (Å²) in [4.78, 5) is 14.3. The second-order valence-corrected chi connectivity index (χ2v) is 5.42. The number of aliphatic hydroxyl groups is 1. The molecule has 1 heterocycles. The Balaban J connectivity index is 2.17. The SMILES string of the molecule is CC1CCN(C(=O)C2(C#N)CCCC2)C1CO. The predicted molar refractivity (Wildman–Crippen MR) is 62.9 cm³/mol. The van der Waals surface area contributed by atoms with E-state index in [9.17, 15) is 15.2 Å². The summed E-state index contributed by atoms with van der Waals surface area (Å²) in [6.07, 6.45) is 4.23. The van der Waals surface area contributed by atoms with Crippen molar-refractivity contribution in [2.75, 3.05) is 13.2 Å². The summed E-state index contributed by atoms with van der Waals surface area (Å²) < 4.78 is 0. The number of amides is 1. The Kier molecular flexibility index (Phi) is 3.39. The van der Waals surface area contributed by atoms with Gasteiger partial charge in [0, 0.05) is 6.54 Å². The molecular weight excluding hydrogens is 216 g/mol. The van der Waals surface area contributed by atoms with Gasteiger partial charge in [0.25, 0.3) is 0 Å². The molecule has 2 rings (SSSR count). The lowest BCUT2D eigenvalue weighted by atomic mass is 9.86. The van der Waals surface area contributed by atoms with Crippen LogP contribution in [0.3, 0.4) is 0 Å². The molecule has 17 heavy (non-hydrogen) atoms. The van der Waals surface area contributed by atoms with E-state index in [-0.39, 0.29) is 18.6 Å². The van der Waals surface area contributed by atoms with E-state index in [0.717, 1.165) is 19.3 Å². The number of nitrogens with zero attached hydrogens (tertiary/aromatic N) is 2. The molecule has 1 saturated heterocycles. The van der Waals surface area contributed by atoms with Gasteiger partial charge in [-0.05, 0) is 25.2 Å². The van der Waals surface area contributed by atoms with Gasteiger partial charge in [-0.25, -0.2) is 0 Å². The molecule has 1 N–H and O–H groups in total. The molecule has 2 fully saturated rings. The smallest absolute Gasteiger partial charge is 0.243 e. The lowest BCUT2D eigenvalue weighted by molar-refractivity contribution is -0.140. The van der Waals surface area contributed by atoms with E-state index < -0.39 is 5.41 Å². The van der Waals surface area contributed by atoms with Crippen LogP contribution in [0.15, 0.2) is 0 Å². The summed E-state index contributed by atoms with van der Waals surface area (Å²) in [6, 6.07) is 2.15. The van der Waals surface area contributed by atoms with E-state index in [1.807, 2.05) is 0 Å². The van der Waals surface area contributed by atoms with Crippen LogP contribution in [0.25, 0.3) is 0 Å². The predicted octanol–water partition coefficient (Wildman–Crippen LogP) is 1.30. The average molecular weight is 236 g/mol. The third-order valence-electron chi connectivity index (χ3n) is 4.41. The lowest BCUT2D eigenvalue weighted by Crippen LogP contribution is -2.46. The average Bonchev–Trinajstić information content (AvgIpc) is 2.95. The molecule has 0 radical (unpaired) electrons. The van der Waals surface area contributed by atoms with Gasteiger partial charge in [-0.2, -0.15) is 5.26 Å². The Morgan fingerprint density at radius 2 is 2.18 bits per heavy atom. The molecule has 4 heteroatoms. The number of likely N-dealkylation sites (tertiary alicyclic amines) is 1. The zero-order chi connectivity index (χ0) is 12.5. The number of carbonyl (C=O) groups excluding carboxylic acids is 1. The summed E-state index contributed by atoms with van der Waals surface area (Å²) in [5.74, 6) is 0.294. The standard InChI is InChI=1S/C13H20N2O2/c1-10-4-7-15(11(10)8-16)12(17)13(9-14)5-2-3-6-13/h10-11,16H,2-8H2,1H3. The number of aliphatic hydroxyl groups excluding tert-OH is 1. The maximum absolute atomic E-state index is 12.5. The van der Waals surface area contributed by atoms with Crippen LogP contribution >= 0.6 is 0 Å². The number of nitriles is 1. The quantitative estimate of drug-likeness (QED) is 0.786. The Hall–Kier alpha value is -1.08. The number of carbonyl (C=O) groups is 1. The van der Waals surface area contributed by atoms with Crippen molar-refractivity contribution < 1.29 is 9.90 Å². The Bertz CT molecular complexity index is 342. The second kappa shape index (κ2) is 4.66. The minimum absolute atomic E-state index is 0.00835. The zero-order valence-electron chi connectivity index (χ0n) is 10.4. The molecular formula is C13H20N2O2. The van der Waals surface area contributed by atoms with E-state index in [4.69, 9.17) is 0 Å². The van der Waals surface area contributed by atoms with E-state index in [2.05, 4.69) is 13.0 Å². The number of rotatable bonds is 2. The molecule has 4 nitrogen and oxygen atoms in total. The van der Waals surface area contributed by atoms with Gasteiger partial charge in [0.15, 0.2) is 0 Å². The first-order valence-corrected chi connectivity index (χ1v) is 6.48. The Labute approximate surface area is 102 Å². The van der Waals surface area contributed by atoms with Gasteiger partial charge in [-0.1, -0.05) is 19.8 Å². The highest BCUT2D eigenvalue weighted by molar-refractivity contribution is 5.86. The fourth-order valence-electron chi connectivity index (χ4n) is 3.17. The maximum atomic E-state index is 12.5. The van der Waals surface area contributed by atoms with Gasteiger partial charge in [0.05, 0.1) is 18.7 Å². The second-order valence-electron chi connectivity index (χ2n) is 5.42. The van der Waals surface area contributed by atoms with Crippen molar-refractivity contribution in [2.45, 2.75) is 45.1 Å². The van der Waals surface area contributed by atoms with Crippen molar-refractivity contribution in [3.05, 3.63) is 0 Å². The van der Waals surface area contributed by atoms with Gasteiger partial charge in [-0.15, -0.1) is 0 Å². The first kappa shape index (κ1) is 12.4. The topological polar surface area (TPSA) is 64.3 Å². The van der Waals surface area contributed by atoms with Crippen LogP contribution in [-0.2, 0) is 4.79 Å². The van der Waals surface area contributed by atoms with Crippen molar-refractivity contribution in [1.29, 1.82) is 5.26 Å². The zero-order valence-corrected chi connectivity index (χ0v) is 10.4. The molecule has 1 amide bonds. The monoisotopic (exact) mass is 236 g/mol. The van der Waals surface area contributed by atoms with Gasteiger partial charge < -0.3 is 10.0 Å². The first-order chi connectivity index (χ1) is 8.14. The van der Waals surface area contributed by atoms with Crippen LogP contribution < -0.4 is 0 Å². The van der Waals surface area contributed by atoms with E-state index >= 15 is 0 Å². The van der Waals surface area contributed by atoms with Crippen LogP contribution in [-0.4, -0.2) is 35.1 Å². The van der Waals surface area contributed by atoms with E-state index in [1.165, 1.54) is 0 Å². The fourth-order valence-corrected chi connectivity index (χ4v) is 3.17. The molecule has 2 aliphatic rings. The van der Waals surface area contributed by atoms with Gasteiger partial charge in [-0.3, -0.25) is 4.79 Å². The van der Waals surface area contributed by atoms with Gasteiger partial charge >= 0.3 is 0 Å². The first-order valence-electron chi connectivity index (χ1n) is 6.48. The highest BCUT2D eigenvalue weighted by Crippen LogP contribution is 2.41. The summed E-state index contributed by atoms with van der Waals surface area (Å²) in [6.45, 7) is 2.75. The van der Waals surface area contributed by atoms with E-state index in [0.29, 0.717) is 25.3 Å². The largest absolute Gasteiger partial charge is 0.394 e. The Morgan fingerprint density at radius 1 is 1.53 bits per heavy atom. The van der Waals surface area contributed by atoms with Crippen molar-refractivity contribution in [3.8, 4) is 6.07 Å². The molecule has 2 unspecified atom stereocenters. The summed E-state index contributed by atoms with van der Waals surface area (Å²) in [7, 11) is 0. The summed E-state index contributed by atoms with van der Waals surface area (Å²) in [5, 5.41) is 18.7. The minimum atomic E-state index is -0.794. The minimum Gasteiger partial charge on any atom is -0.394 e. The highest BCUT2D eigenvalue weighted by atomic mass is 16.3. The molecule has 94 valence electrons. The van der Waals surface area contributed by atoms with E-state index in [1.54, 1.807) is 4.90 Å². The Morgan fingerprint density at radius 3 is 2.71 bits per heavy atom. The lowest BCUT2D eigenvalue weighted by Gasteiger charge is -2.31. The van der Waals surface area contributed by atoms with Crippen molar-refractivity contribution in [2.24, 2.45) is 11.3 Å². The van der Waals surface area contributed by atoms with Crippen molar-refractivity contribution in [3.63, 3.8) is 0 Å². The van der Waals surface area contributed by atoms with Crippen molar-refractivity contribution >= 4 is 5.91 Å². The summed E-state index contributed by atoms with van der Waals surface area (Å²) in [5.41, 5.74) is -0.794. The normalized spacial score (nSPS) is 31.5. The fraction of sp³-hybridized carbons (Fsp3) is 0.846. The van der Waals surface area contributed by atoms with Crippen molar-refractivity contribution in [1.82, 2.24) is 4.90 Å². The van der Waals surface area contributed by atoms with Crippen LogP contribution in [0.4, 0.5) is 0 Å². The van der Waals surface area contributed by atoms with Crippen LogP contribution in [0.2, 0.25) is 0 Å². The van der Waals surface area contributed by atoms with Gasteiger partial charge in [0.1, 0.15) is 5.41 Å². The molecule has 0 aromatic heterocycles. The molecule has 1 saturated carbocycles. The molecule has 1 aliphatic carbocycles. The molecule has 0 spiro atoms.